The van der Waals surface area contributed by atoms with Crippen molar-refractivity contribution in [3.63, 3.8) is 0 Å². The molecule has 0 aromatic heterocycles. The second-order valence-electron chi connectivity index (χ2n) is 7.45. The van der Waals surface area contributed by atoms with Crippen molar-refractivity contribution in [3.05, 3.63) is 0 Å². The highest BCUT2D eigenvalue weighted by Crippen LogP contribution is 2.49. The molecule has 19 heavy (non-hydrogen) atoms. The zero-order valence-electron chi connectivity index (χ0n) is 12.4. The second-order valence-corrected chi connectivity index (χ2v) is 7.45. The third kappa shape index (κ3) is 2.89. The Morgan fingerprint density at radius 2 is 1.95 bits per heavy atom. The van der Waals surface area contributed by atoms with Gasteiger partial charge in [0.1, 0.15) is 5.78 Å². The number of carbonyl (C=O) groups is 1. The maximum absolute atomic E-state index is 12.5. The first-order chi connectivity index (χ1) is 9.21. The average Bonchev–Trinajstić information content (AvgIpc) is 3.02. The number of fused-ring (bicyclic) bond motifs is 2. The lowest BCUT2D eigenvalue weighted by Crippen LogP contribution is -2.46. The summed E-state index contributed by atoms with van der Waals surface area (Å²) in [5.74, 6) is 3.14. The van der Waals surface area contributed by atoms with E-state index in [0.29, 0.717) is 5.78 Å². The van der Waals surface area contributed by atoms with Gasteiger partial charge in [0.05, 0.1) is 0 Å². The lowest BCUT2D eigenvalue weighted by Gasteiger charge is -2.37. The summed E-state index contributed by atoms with van der Waals surface area (Å²) < 4.78 is 0. The Kier molecular flexibility index (Phi) is 3.98. The van der Waals surface area contributed by atoms with E-state index in [9.17, 15) is 4.79 Å². The number of hydrogen-bond acceptors (Lipinski definition) is 2. The van der Waals surface area contributed by atoms with Gasteiger partial charge in [0.25, 0.3) is 0 Å². The SMILES string of the molecule is CNC1(CC(=O)CC2CC3CCC2C3)CCCCC1. The van der Waals surface area contributed by atoms with E-state index >= 15 is 0 Å². The summed E-state index contributed by atoms with van der Waals surface area (Å²) in [5, 5.41) is 3.49. The Morgan fingerprint density at radius 3 is 2.53 bits per heavy atom. The molecule has 1 N–H and O–H groups in total. The molecule has 0 saturated heterocycles. The molecule has 0 aliphatic heterocycles. The van der Waals surface area contributed by atoms with Crippen LogP contribution < -0.4 is 5.32 Å². The molecule has 0 aromatic rings. The van der Waals surface area contributed by atoms with E-state index in [-0.39, 0.29) is 5.54 Å². The van der Waals surface area contributed by atoms with E-state index in [1.165, 1.54) is 57.8 Å². The van der Waals surface area contributed by atoms with Gasteiger partial charge in [0.15, 0.2) is 0 Å². The van der Waals surface area contributed by atoms with Crippen molar-refractivity contribution in [3.8, 4) is 0 Å². The van der Waals surface area contributed by atoms with Crippen molar-refractivity contribution in [1.82, 2.24) is 5.32 Å². The topological polar surface area (TPSA) is 29.1 Å². The van der Waals surface area contributed by atoms with E-state index in [1.54, 1.807) is 0 Å². The monoisotopic (exact) mass is 263 g/mol. The molecule has 0 aromatic carbocycles. The molecule has 0 radical (unpaired) electrons. The number of ketones is 1. The van der Waals surface area contributed by atoms with Crippen LogP contribution in [0, 0.1) is 17.8 Å². The van der Waals surface area contributed by atoms with Crippen molar-refractivity contribution in [2.75, 3.05) is 7.05 Å². The van der Waals surface area contributed by atoms with Gasteiger partial charge in [-0.15, -0.1) is 0 Å². The van der Waals surface area contributed by atoms with Crippen molar-refractivity contribution < 1.29 is 4.79 Å². The summed E-state index contributed by atoms with van der Waals surface area (Å²) in [6.45, 7) is 0. The molecule has 3 aliphatic rings. The van der Waals surface area contributed by atoms with Gasteiger partial charge < -0.3 is 5.32 Å². The summed E-state index contributed by atoms with van der Waals surface area (Å²) in [4.78, 5) is 12.5. The third-order valence-corrected chi connectivity index (χ3v) is 6.25. The summed E-state index contributed by atoms with van der Waals surface area (Å²) in [6.07, 6.45) is 13.6. The van der Waals surface area contributed by atoms with E-state index in [0.717, 1.165) is 30.6 Å². The van der Waals surface area contributed by atoms with Gasteiger partial charge in [0.2, 0.25) is 0 Å². The van der Waals surface area contributed by atoms with Gasteiger partial charge >= 0.3 is 0 Å². The highest BCUT2D eigenvalue weighted by Gasteiger charge is 2.41. The van der Waals surface area contributed by atoms with Crippen LogP contribution in [0.15, 0.2) is 0 Å². The van der Waals surface area contributed by atoms with Gasteiger partial charge in [-0.2, -0.15) is 0 Å². The molecule has 0 amide bonds. The number of carbonyl (C=O) groups excluding carboxylic acids is 1. The maximum atomic E-state index is 12.5. The molecule has 108 valence electrons. The van der Waals surface area contributed by atoms with Crippen LogP contribution in [0.2, 0.25) is 0 Å². The molecule has 3 unspecified atom stereocenters. The zero-order chi connectivity index (χ0) is 13.3. The Bertz CT molecular complexity index is 332. The molecule has 0 heterocycles. The van der Waals surface area contributed by atoms with Gasteiger partial charge in [-0.05, 0) is 56.9 Å². The lowest BCUT2D eigenvalue weighted by atomic mass is 9.76. The second kappa shape index (κ2) is 5.55. The van der Waals surface area contributed by atoms with Crippen LogP contribution in [-0.2, 0) is 4.79 Å². The minimum Gasteiger partial charge on any atom is -0.314 e. The van der Waals surface area contributed by atoms with Crippen LogP contribution in [0.4, 0.5) is 0 Å². The summed E-state index contributed by atoms with van der Waals surface area (Å²) >= 11 is 0. The molecule has 3 rings (SSSR count). The first-order valence-corrected chi connectivity index (χ1v) is 8.41. The van der Waals surface area contributed by atoms with Crippen molar-refractivity contribution in [1.29, 1.82) is 0 Å². The van der Waals surface area contributed by atoms with E-state index in [1.807, 2.05) is 0 Å². The fourth-order valence-corrected chi connectivity index (χ4v) is 5.11. The third-order valence-electron chi connectivity index (χ3n) is 6.25. The minimum atomic E-state index is 0.146. The van der Waals surface area contributed by atoms with E-state index in [4.69, 9.17) is 0 Å². The van der Waals surface area contributed by atoms with Crippen LogP contribution in [0.1, 0.15) is 70.6 Å². The number of nitrogens with one attached hydrogen (secondary N) is 1. The van der Waals surface area contributed by atoms with E-state index in [2.05, 4.69) is 12.4 Å². The number of rotatable bonds is 5. The van der Waals surface area contributed by atoms with Gasteiger partial charge in [-0.1, -0.05) is 25.7 Å². The Labute approximate surface area is 117 Å². The molecule has 3 fully saturated rings. The molecular formula is C17H29NO. The van der Waals surface area contributed by atoms with Crippen LogP contribution in [0.25, 0.3) is 0 Å². The molecular weight excluding hydrogens is 234 g/mol. The van der Waals surface area contributed by atoms with Crippen molar-refractivity contribution in [2.45, 2.75) is 76.2 Å². The Morgan fingerprint density at radius 1 is 1.16 bits per heavy atom. The molecule has 3 aliphatic carbocycles. The lowest BCUT2D eigenvalue weighted by molar-refractivity contribution is -0.122. The smallest absolute Gasteiger partial charge is 0.135 e. The minimum absolute atomic E-state index is 0.146. The van der Waals surface area contributed by atoms with Crippen LogP contribution in [0.5, 0.6) is 0 Å². The number of hydrogen-bond donors (Lipinski definition) is 1. The van der Waals surface area contributed by atoms with E-state index < -0.39 is 0 Å². The normalized spacial score (nSPS) is 36.6. The number of Topliss-reactive ketones (excluding diaryl/α,β-unsaturated/α-hetero) is 1. The predicted molar refractivity (Wildman–Crippen MR) is 78.1 cm³/mol. The highest BCUT2D eigenvalue weighted by molar-refractivity contribution is 5.80. The van der Waals surface area contributed by atoms with Crippen molar-refractivity contribution >= 4 is 5.78 Å². The zero-order valence-corrected chi connectivity index (χ0v) is 12.4. The Balaban J connectivity index is 1.52. The standard InChI is InChI=1S/C17H29NO/c1-18-17(7-3-2-4-8-17)12-16(19)11-15-10-13-5-6-14(15)9-13/h13-15,18H,2-12H2,1H3. The highest BCUT2D eigenvalue weighted by atomic mass is 16.1. The summed E-state index contributed by atoms with van der Waals surface area (Å²) in [5.41, 5.74) is 0.146. The first-order valence-electron chi connectivity index (χ1n) is 8.41. The fraction of sp³-hybridized carbons (Fsp3) is 0.941. The molecule has 0 spiro atoms. The molecule has 2 nitrogen and oxygen atoms in total. The van der Waals surface area contributed by atoms with Crippen LogP contribution in [0.3, 0.4) is 0 Å². The summed E-state index contributed by atoms with van der Waals surface area (Å²) in [6, 6.07) is 0. The molecule has 2 heteroatoms. The fourth-order valence-electron chi connectivity index (χ4n) is 5.11. The van der Waals surface area contributed by atoms with Crippen LogP contribution >= 0.6 is 0 Å². The van der Waals surface area contributed by atoms with Gasteiger partial charge in [-0.3, -0.25) is 4.79 Å². The maximum Gasteiger partial charge on any atom is 0.135 e. The molecule has 2 bridgehead atoms. The van der Waals surface area contributed by atoms with Crippen molar-refractivity contribution in [2.24, 2.45) is 17.8 Å². The largest absolute Gasteiger partial charge is 0.314 e. The Hall–Kier alpha value is -0.370. The average molecular weight is 263 g/mol. The van der Waals surface area contributed by atoms with Crippen LogP contribution in [-0.4, -0.2) is 18.4 Å². The predicted octanol–water partition coefficient (Wildman–Crippen LogP) is 3.69. The quantitative estimate of drug-likeness (QED) is 0.819. The van der Waals surface area contributed by atoms with Gasteiger partial charge in [-0.25, -0.2) is 0 Å². The molecule has 3 saturated carbocycles. The summed E-state index contributed by atoms with van der Waals surface area (Å²) in [7, 11) is 2.05. The molecule has 3 atom stereocenters. The first kappa shape index (κ1) is 13.6. The van der Waals surface area contributed by atoms with Gasteiger partial charge in [0, 0.05) is 18.4 Å².